The predicted molar refractivity (Wildman–Crippen MR) is 100 cm³/mol. The minimum Gasteiger partial charge on any atom is -0.356 e. The molecule has 0 unspecified atom stereocenters. The van der Waals surface area contributed by atoms with E-state index >= 15 is 0 Å². The smallest absolute Gasteiger partial charge is 0.232 e. The Labute approximate surface area is 150 Å². The van der Waals surface area contributed by atoms with Crippen LogP contribution in [0.15, 0.2) is 12.1 Å². The summed E-state index contributed by atoms with van der Waals surface area (Å²) in [5, 5.41) is 3.20. The van der Waals surface area contributed by atoms with Crippen molar-refractivity contribution in [3.05, 3.63) is 28.3 Å². The fourth-order valence-corrected chi connectivity index (χ4v) is 4.03. The molecule has 0 aliphatic rings. The number of aryl methyl sites for hydroxylation is 2. The van der Waals surface area contributed by atoms with E-state index in [1.807, 2.05) is 19.9 Å². The number of benzene rings is 1. The first kappa shape index (κ1) is 20.8. The van der Waals surface area contributed by atoms with Gasteiger partial charge in [0.1, 0.15) is 0 Å². The van der Waals surface area contributed by atoms with E-state index in [-0.39, 0.29) is 18.9 Å². The number of sulfonamides is 1. The quantitative estimate of drug-likeness (QED) is 0.673. The zero-order valence-corrected chi connectivity index (χ0v) is 16.4. The van der Waals surface area contributed by atoms with E-state index in [0.29, 0.717) is 17.3 Å². The van der Waals surface area contributed by atoms with E-state index in [9.17, 15) is 13.2 Å². The van der Waals surface area contributed by atoms with E-state index in [1.165, 1.54) is 4.31 Å². The van der Waals surface area contributed by atoms with Crippen LogP contribution in [-0.2, 0) is 14.8 Å². The van der Waals surface area contributed by atoms with Crippen LogP contribution >= 0.6 is 11.6 Å². The van der Waals surface area contributed by atoms with Gasteiger partial charge >= 0.3 is 0 Å². The summed E-state index contributed by atoms with van der Waals surface area (Å²) in [5.74, 6) is -0.152. The highest BCUT2D eigenvalue weighted by atomic mass is 35.5. The summed E-state index contributed by atoms with van der Waals surface area (Å²) in [6, 6.07) is 3.61. The highest BCUT2D eigenvalue weighted by molar-refractivity contribution is 7.92. The minimum absolute atomic E-state index is 0.0715. The lowest BCUT2D eigenvalue weighted by Crippen LogP contribution is -2.35. The van der Waals surface area contributed by atoms with Crippen LogP contribution in [-0.4, -0.2) is 33.7 Å². The molecule has 0 radical (unpaired) electrons. The Morgan fingerprint density at radius 1 is 1.25 bits per heavy atom. The molecule has 0 aliphatic carbocycles. The molecule has 0 fully saturated rings. The van der Waals surface area contributed by atoms with Crippen molar-refractivity contribution in [3.63, 3.8) is 0 Å². The number of carbonyl (C=O) groups is 1. The Balaban J connectivity index is 2.84. The molecule has 0 bridgehead atoms. The van der Waals surface area contributed by atoms with E-state index in [2.05, 4.69) is 12.2 Å². The van der Waals surface area contributed by atoms with Gasteiger partial charge in [0.2, 0.25) is 15.9 Å². The van der Waals surface area contributed by atoms with Crippen LogP contribution in [0.1, 0.15) is 43.7 Å². The fraction of sp³-hybridized carbons (Fsp3) is 0.588. The average Bonchev–Trinajstić information content (AvgIpc) is 2.44. The van der Waals surface area contributed by atoms with Gasteiger partial charge in [-0.25, -0.2) is 8.42 Å². The first-order valence-corrected chi connectivity index (χ1v) is 10.4. The number of amides is 1. The minimum atomic E-state index is -3.53. The van der Waals surface area contributed by atoms with Gasteiger partial charge < -0.3 is 5.32 Å². The standard InChI is InChI=1S/C17H27ClN2O3S/c1-5-6-7-9-19-16(21)8-10-20(24(4,22)23)17-14(3)11-13(2)12-15(17)18/h11-12H,5-10H2,1-4H3,(H,19,21). The van der Waals surface area contributed by atoms with E-state index in [0.717, 1.165) is 36.6 Å². The molecule has 0 spiro atoms. The number of hydrogen-bond acceptors (Lipinski definition) is 3. The Hall–Kier alpha value is -1.27. The number of anilines is 1. The summed E-state index contributed by atoms with van der Waals surface area (Å²) in [7, 11) is -3.53. The molecule has 1 rings (SSSR count). The van der Waals surface area contributed by atoms with Gasteiger partial charge in [-0.3, -0.25) is 9.10 Å². The second-order valence-corrected chi connectivity index (χ2v) is 8.37. The molecular weight excluding hydrogens is 348 g/mol. The molecule has 0 aliphatic heterocycles. The Morgan fingerprint density at radius 3 is 2.46 bits per heavy atom. The molecule has 0 saturated carbocycles. The Morgan fingerprint density at radius 2 is 1.92 bits per heavy atom. The molecule has 136 valence electrons. The van der Waals surface area contributed by atoms with Crippen molar-refractivity contribution < 1.29 is 13.2 Å². The monoisotopic (exact) mass is 374 g/mol. The average molecular weight is 375 g/mol. The van der Waals surface area contributed by atoms with Crippen LogP contribution < -0.4 is 9.62 Å². The summed E-state index contributed by atoms with van der Waals surface area (Å²) in [6.07, 6.45) is 4.31. The molecule has 0 atom stereocenters. The van der Waals surface area contributed by atoms with Crippen LogP contribution in [0, 0.1) is 13.8 Å². The summed E-state index contributed by atoms with van der Waals surface area (Å²) in [6.45, 7) is 6.51. The van der Waals surface area contributed by atoms with Crippen LogP contribution in [0.3, 0.4) is 0 Å². The van der Waals surface area contributed by atoms with Crippen molar-refractivity contribution in [3.8, 4) is 0 Å². The van der Waals surface area contributed by atoms with Gasteiger partial charge in [-0.15, -0.1) is 0 Å². The van der Waals surface area contributed by atoms with Crippen molar-refractivity contribution in [2.75, 3.05) is 23.7 Å². The topological polar surface area (TPSA) is 66.5 Å². The van der Waals surface area contributed by atoms with Crippen LogP contribution in [0.25, 0.3) is 0 Å². The van der Waals surface area contributed by atoms with Crippen molar-refractivity contribution in [2.24, 2.45) is 0 Å². The third kappa shape index (κ3) is 6.32. The lowest BCUT2D eigenvalue weighted by Gasteiger charge is -2.25. The molecule has 1 N–H and O–H groups in total. The van der Waals surface area contributed by atoms with Gasteiger partial charge in [0, 0.05) is 19.5 Å². The number of carbonyl (C=O) groups excluding carboxylic acids is 1. The van der Waals surface area contributed by atoms with E-state index < -0.39 is 10.0 Å². The van der Waals surface area contributed by atoms with Crippen molar-refractivity contribution in [1.29, 1.82) is 0 Å². The normalized spacial score (nSPS) is 11.4. The number of hydrogen-bond donors (Lipinski definition) is 1. The molecule has 0 heterocycles. The number of nitrogens with zero attached hydrogens (tertiary/aromatic N) is 1. The van der Waals surface area contributed by atoms with Gasteiger partial charge in [-0.1, -0.05) is 37.4 Å². The second-order valence-electron chi connectivity index (χ2n) is 6.05. The molecule has 1 aromatic rings. The van der Waals surface area contributed by atoms with Crippen LogP contribution in [0.2, 0.25) is 5.02 Å². The molecule has 1 aromatic carbocycles. The lowest BCUT2D eigenvalue weighted by atomic mass is 10.1. The lowest BCUT2D eigenvalue weighted by molar-refractivity contribution is -0.120. The highest BCUT2D eigenvalue weighted by Crippen LogP contribution is 2.32. The third-order valence-electron chi connectivity index (χ3n) is 3.69. The number of halogens is 1. The Bertz CT molecular complexity index is 651. The molecule has 24 heavy (non-hydrogen) atoms. The van der Waals surface area contributed by atoms with Crippen molar-refractivity contribution in [1.82, 2.24) is 5.32 Å². The number of nitrogens with one attached hydrogen (secondary N) is 1. The Kier molecular flexibility index (Phi) is 8.03. The summed E-state index contributed by atoms with van der Waals surface area (Å²) < 4.78 is 25.6. The summed E-state index contributed by atoms with van der Waals surface area (Å²) >= 11 is 6.26. The molecule has 0 saturated heterocycles. The van der Waals surface area contributed by atoms with Crippen LogP contribution in [0.5, 0.6) is 0 Å². The maximum absolute atomic E-state index is 12.2. The molecule has 0 aromatic heterocycles. The second kappa shape index (κ2) is 9.28. The number of unbranched alkanes of at least 4 members (excludes halogenated alkanes) is 2. The van der Waals surface area contributed by atoms with Crippen molar-refractivity contribution in [2.45, 2.75) is 46.5 Å². The van der Waals surface area contributed by atoms with Gasteiger partial charge in [0.05, 0.1) is 17.0 Å². The SMILES string of the molecule is CCCCCNC(=O)CCN(c1c(C)cc(C)cc1Cl)S(C)(=O)=O. The zero-order chi connectivity index (χ0) is 18.3. The van der Waals surface area contributed by atoms with Crippen LogP contribution in [0.4, 0.5) is 5.69 Å². The van der Waals surface area contributed by atoms with Gasteiger partial charge in [0.25, 0.3) is 0 Å². The first-order valence-electron chi connectivity index (χ1n) is 8.18. The van der Waals surface area contributed by atoms with Gasteiger partial charge in [-0.2, -0.15) is 0 Å². The predicted octanol–water partition coefficient (Wildman–Crippen LogP) is 3.42. The maximum Gasteiger partial charge on any atom is 0.232 e. The molecular formula is C17H27ClN2O3S. The maximum atomic E-state index is 12.2. The molecule has 1 amide bonds. The van der Waals surface area contributed by atoms with E-state index in [1.54, 1.807) is 6.07 Å². The van der Waals surface area contributed by atoms with Crippen molar-refractivity contribution >= 4 is 33.2 Å². The fourth-order valence-electron chi connectivity index (χ4n) is 2.56. The third-order valence-corrected chi connectivity index (χ3v) is 5.15. The largest absolute Gasteiger partial charge is 0.356 e. The molecule has 7 heteroatoms. The van der Waals surface area contributed by atoms with Gasteiger partial charge in [0.15, 0.2) is 0 Å². The summed E-state index contributed by atoms with van der Waals surface area (Å²) in [5.41, 5.74) is 2.18. The molecule has 5 nitrogen and oxygen atoms in total. The van der Waals surface area contributed by atoms with Gasteiger partial charge in [-0.05, 0) is 37.5 Å². The first-order chi connectivity index (χ1) is 11.2. The summed E-state index contributed by atoms with van der Waals surface area (Å²) in [4.78, 5) is 11.9. The number of rotatable bonds is 9. The highest BCUT2D eigenvalue weighted by Gasteiger charge is 2.23. The van der Waals surface area contributed by atoms with E-state index in [4.69, 9.17) is 11.6 Å². The zero-order valence-electron chi connectivity index (χ0n) is 14.9.